The van der Waals surface area contributed by atoms with Gasteiger partial charge in [-0.3, -0.25) is 4.79 Å². The molecule has 1 atom stereocenters. The molecule has 0 unspecified atom stereocenters. The van der Waals surface area contributed by atoms with Crippen molar-refractivity contribution in [3.8, 4) is 0 Å². The van der Waals surface area contributed by atoms with E-state index in [4.69, 9.17) is 4.42 Å². The van der Waals surface area contributed by atoms with Crippen LogP contribution < -0.4 is 10.2 Å². The van der Waals surface area contributed by atoms with E-state index >= 15 is 0 Å². The summed E-state index contributed by atoms with van der Waals surface area (Å²) in [6, 6.07) is 12.0. The van der Waals surface area contributed by atoms with Gasteiger partial charge in [0, 0.05) is 30.4 Å². The minimum absolute atomic E-state index is 0.0582. The summed E-state index contributed by atoms with van der Waals surface area (Å²) in [5.74, 6) is 1.60. The second kappa shape index (κ2) is 9.13. The molecule has 1 aliphatic rings. The van der Waals surface area contributed by atoms with Crippen LogP contribution in [0.15, 0.2) is 69.4 Å². The van der Waals surface area contributed by atoms with Gasteiger partial charge in [-0.15, -0.1) is 0 Å². The molecule has 7 heteroatoms. The number of hydrogen-bond donors (Lipinski definition) is 1. The van der Waals surface area contributed by atoms with E-state index in [1.165, 1.54) is 5.56 Å². The smallest absolute Gasteiger partial charge is 0.225 e. The Bertz CT molecular complexity index is 961. The molecule has 2 aromatic heterocycles. The number of piperidine rings is 1. The van der Waals surface area contributed by atoms with E-state index in [0.29, 0.717) is 13.1 Å². The molecule has 3 heterocycles. The second-order valence-corrected chi connectivity index (χ2v) is 8.25. The summed E-state index contributed by atoms with van der Waals surface area (Å²) in [6.45, 7) is 4.02. The third kappa shape index (κ3) is 4.98. The lowest BCUT2D eigenvalue weighted by Gasteiger charge is -2.33. The number of hydrogen-bond acceptors (Lipinski definition) is 6. The Labute approximate surface area is 174 Å². The van der Waals surface area contributed by atoms with Crippen LogP contribution in [0.1, 0.15) is 24.2 Å². The molecule has 29 heavy (non-hydrogen) atoms. The predicted octanol–water partition coefficient (Wildman–Crippen LogP) is 4.06. The first kappa shape index (κ1) is 19.5. The van der Waals surface area contributed by atoms with Crippen molar-refractivity contribution in [2.75, 3.05) is 18.0 Å². The number of carbonyl (C=O) groups excluding carboxylic acids is 1. The SMILES string of the molecule is Cc1cccc(Sc2nccnc2N2CCC[C@@H](C(=O)NCc3ccco3)C2)c1. The third-order valence-electron chi connectivity index (χ3n) is 4.96. The van der Waals surface area contributed by atoms with Gasteiger partial charge in [0.2, 0.25) is 5.91 Å². The van der Waals surface area contributed by atoms with Crippen LogP contribution in [0.2, 0.25) is 0 Å². The monoisotopic (exact) mass is 408 g/mol. The average molecular weight is 409 g/mol. The standard InChI is InChI=1S/C22H24N4O2S/c1-16-5-2-8-19(13-16)29-22-20(23-9-10-24-22)26-11-3-6-17(15-26)21(27)25-14-18-7-4-12-28-18/h2,4-5,7-10,12-13,17H,3,6,11,14-15H2,1H3,(H,25,27)/t17-/m1/s1. The Kier molecular flexibility index (Phi) is 6.14. The van der Waals surface area contributed by atoms with Crippen LogP contribution in [0.5, 0.6) is 0 Å². The number of aryl methyl sites for hydroxylation is 1. The highest BCUT2D eigenvalue weighted by atomic mass is 32.2. The fourth-order valence-electron chi connectivity index (χ4n) is 3.51. The van der Waals surface area contributed by atoms with Gasteiger partial charge in [0.25, 0.3) is 0 Å². The van der Waals surface area contributed by atoms with E-state index in [2.05, 4.69) is 45.3 Å². The van der Waals surface area contributed by atoms with E-state index in [1.54, 1.807) is 30.4 Å². The van der Waals surface area contributed by atoms with Crippen molar-refractivity contribution < 1.29 is 9.21 Å². The Morgan fingerprint density at radius 3 is 3.00 bits per heavy atom. The topological polar surface area (TPSA) is 71.3 Å². The van der Waals surface area contributed by atoms with Gasteiger partial charge in [0.05, 0.1) is 18.7 Å². The highest BCUT2D eigenvalue weighted by Gasteiger charge is 2.28. The van der Waals surface area contributed by atoms with Gasteiger partial charge in [0.15, 0.2) is 5.82 Å². The molecule has 4 rings (SSSR count). The first-order chi connectivity index (χ1) is 14.2. The summed E-state index contributed by atoms with van der Waals surface area (Å²) in [6.07, 6.45) is 6.88. The normalized spacial score (nSPS) is 16.6. The molecule has 1 aromatic carbocycles. The number of nitrogens with one attached hydrogen (secondary N) is 1. The van der Waals surface area contributed by atoms with Crippen molar-refractivity contribution in [2.24, 2.45) is 5.92 Å². The van der Waals surface area contributed by atoms with Crippen molar-refractivity contribution in [1.82, 2.24) is 15.3 Å². The second-order valence-electron chi connectivity index (χ2n) is 7.19. The molecular weight excluding hydrogens is 384 g/mol. The van der Waals surface area contributed by atoms with Gasteiger partial charge in [0.1, 0.15) is 10.8 Å². The number of anilines is 1. The minimum atomic E-state index is -0.0717. The van der Waals surface area contributed by atoms with Gasteiger partial charge in [-0.2, -0.15) is 0 Å². The molecule has 0 saturated carbocycles. The van der Waals surface area contributed by atoms with Gasteiger partial charge in [-0.05, 0) is 44.0 Å². The summed E-state index contributed by atoms with van der Waals surface area (Å²) >= 11 is 1.61. The van der Waals surface area contributed by atoms with E-state index in [1.807, 2.05) is 18.2 Å². The maximum Gasteiger partial charge on any atom is 0.225 e. The van der Waals surface area contributed by atoms with Gasteiger partial charge < -0.3 is 14.6 Å². The molecule has 6 nitrogen and oxygen atoms in total. The van der Waals surface area contributed by atoms with Crippen LogP contribution in [0, 0.1) is 12.8 Å². The zero-order valence-corrected chi connectivity index (χ0v) is 17.2. The van der Waals surface area contributed by atoms with Crippen LogP contribution in [0.3, 0.4) is 0 Å². The number of benzene rings is 1. The van der Waals surface area contributed by atoms with Crippen LogP contribution in [0.4, 0.5) is 5.82 Å². The lowest BCUT2D eigenvalue weighted by Crippen LogP contribution is -2.43. The fourth-order valence-corrected chi connectivity index (χ4v) is 4.51. The summed E-state index contributed by atoms with van der Waals surface area (Å²) in [4.78, 5) is 25.1. The maximum atomic E-state index is 12.7. The molecule has 1 amide bonds. The van der Waals surface area contributed by atoms with Crippen molar-refractivity contribution >= 4 is 23.5 Å². The molecule has 1 fully saturated rings. The maximum absolute atomic E-state index is 12.7. The lowest BCUT2D eigenvalue weighted by atomic mass is 9.97. The quantitative estimate of drug-likeness (QED) is 0.663. The fraction of sp³-hybridized carbons (Fsp3) is 0.318. The van der Waals surface area contributed by atoms with E-state index in [0.717, 1.165) is 40.9 Å². The van der Waals surface area contributed by atoms with E-state index in [-0.39, 0.29) is 11.8 Å². The zero-order chi connectivity index (χ0) is 20.1. The highest BCUT2D eigenvalue weighted by Crippen LogP contribution is 2.34. The van der Waals surface area contributed by atoms with E-state index in [9.17, 15) is 4.79 Å². The number of aromatic nitrogens is 2. The molecule has 0 aliphatic carbocycles. The molecule has 0 bridgehead atoms. The third-order valence-corrected chi connectivity index (χ3v) is 5.93. The lowest BCUT2D eigenvalue weighted by molar-refractivity contribution is -0.125. The Morgan fingerprint density at radius 2 is 2.17 bits per heavy atom. The minimum Gasteiger partial charge on any atom is -0.467 e. The first-order valence-electron chi connectivity index (χ1n) is 9.79. The Morgan fingerprint density at radius 1 is 1.28 bits per heavy atom. The highest BCUT2D eigenvalue weighted by molar-refractivity contribution is 7.99. The number of amides is 1. The molecule has 1 aliphatic heterocycles. The van der Waals surface area contributed by atoms with Crippen molar-refractivity contribution in [2.45, 2.75) is 36.2 Å². The number of rotatable bonds is 6. The van der Waals surface area contributed by atoms with Gasteiger partial charge in [-0.1, -0.05) is 29.5 Å². The van der Waals surface area contributed by atoms with Crippen molar-refractivity contribution in [1.29, 1.82) is 0 Å². The zero-order valence-electron chi connectivity index (χ0n) is 16.4. The molecule has 150 valence electrons. The molecule has 3 aromatic rings. The molecule has 1 N–H and O–H groups in total. The van der Waals surface area contributed by atoms with Gasteiger partial charge >= 0.3 is 0 Å². The average Bonchev–Trinajstić information content (AvgIpc) is 3.26. The summed E-state index contributed by atoms with van der Waals surface area (Å²) < 4.78 is 5.30. The van der Waals surface area contributed by atoms with Crippen LogP contribution >= 0.6 is 11.8 Å². The Balaban J connectivity index is 1.44. The van der Waals surface area contributed by atoms with Crippen LogP contribution in [-0.4, -0.2) is 29.0 Å². The van der Waals surface area contributed by atoms with Crippen molar-refractivity contribution in [3.05, 3.63) is 66.4 Å². The number of carbonyl (C=O) groups is 1. The number of furan rings is 1. The van der Waals surface area contributed by atoms with Crippen molar-refractivity contribution in [3.63, 3.8) is 0 Å². The van der Waals surface area contributed by atoms with Gasteiger partial charge in [-0.25, -0.2) is 9.97 Å². The largest absolute Gasteiger partial charge is 0.467 e. The summed E-state index contributed by atoms with van der Waals surface area (Å²) in [5, 5.41) is 3.86. The first-order valence-corrected chi connectivity index (χ1v) is 10.6. The molecule has 1 saturated heterocycles. The van der Waals surface area contributed by atoms with E-state index < -0.39 is 0 Å². The number of nitrogens with zero attached hydrogens (tertiary/aromatic N) is 3. The van der Waals surface area contributed by atoms with Crippen LogP contribution in [-0.2, 0) is 11.3 Å². The Hall–Kier alpha value is -2.80. The predicted molar refractivity (Wildman–Crippen MR) is 113 cm³/mol. The molecule has 0 radical (unpaired) electrons. The molecular formula is C22H24N4O2S. The summed E-state index contributed by atoms with van der Waals surface area (Å²) in [5.41, 5.74) is 1.21. The van der Waals surface area contributed by atoms with Crippen LogP contribution in [0.25, 0.3) is 0 Å². The summed E-state index contributed by atoms with van der Waals surface area (Å²) in [7, 11) is 0. The molecule has 0 spiro atoms.